The maximum Gasteiger partial charge on any atom is 0.288 e. The van der Waals surface area contributed by atoms with Crippen molar-refractivity contribution in [3.05, 3.63) is 57.6 Å². The molecule has 2 aromatic carbocycles. The third kappa shape index (κ3) is 2.80. The molecule has 6 nitrogen and oxygen atoms in total. The van der Waals surface area contributed by atoms with Crippen LogP contribution in [0.15, 0.2) is 46.2 Å². The second kappa shape index (κ2) is 5.76. The molecule has 0 saturated heterocycles. The minimum absolute atomic E-state index is 0.0815. The normalized spacial score (nSPS) is 11.2. The van der Waals surface area contributed by atoms with Gasteiger partial charge in [0.05, 0.1) is 12.0 Å². The Morgan fingerprint density at radius 3 is 2.18 bits per heavy atom. The molecule has 0 saturated carbocycles. The molecule has 2 aromatic rings. The van der Waals surface area contributed by atoms with Crippen LogP contribution in [0.3, 0.4) is 0 Å². The number of sulfone groups is 1. The average Bonchev–Trinajstić information content (AvgIpc) is 2.46. The first kappa shape index (κ1) is 16.0. The van der Waals surface area contributed by atoms with Gasteiger partial charge in [-0.1, -0.05) is 12.1 Å². The lowest BCUT2D eigenvalue weighted by molar-refractivity contribution is -0.387. The highest BCUT2D eigenvalue weighted by Crippen LogP contribution is 2.35. The Hall–Kier alpha value is -2.41. The molecule has 0 N–H and O–H groups in total. The van der Waals surface area contributed by atoms with Crippen molar-refractivity contribution >= 4 is 15.5 Å². The molecule has 0 unspecified atom stereocenters. The van der Waals surface area contributed by atoms with Crippen molar-refractivity contribution in [3.63, 3.8) is 0 Å². The van der Waals surface area contributed by atoms with Gasteiger partial charge in [-0.05, 0) is 43.2 Å². The van der Waals surface area contributed by atoms with E-state index in [9.17, 15) is 18.5 Å². The number of ether oxygens (including phenoxy) is 1. The molecule has 0 fully saturated rings. The molecule has 0 spiro atoms. The summed E-state index contributed by atoms with van der Waals surface area (Å²) in [5.74, 6) is 0.153. The van der Waals surface area contributed by atoms with Crippen LogP contribution < -0.4 is 4.74 Å². The molecule has 0 radical (unpaired) electrons. The summed E-state index contributed by atoms with van der Waals surface area (Å²) < 4.78 is 30.7. The van der Waals surface area contributed by atoms with Crippen LogP contribution in [-0.4, -0.2) is 20.5 Å². The van der Waals surface area contributed by atoms with E-state index in [4.69, 9.17) is 4.74 Å². The predicted octanol–water partition coefficient (Wildman–Crippen LogP) is 3.05. The summed E-state index contributed by atoms with van der Waals surface area (Å²) >= 11 is 0. The standard InChI is InChI=1S/C15H15NO5S/c1-10-5-7-14(12(8-10)16(17)18)22(19,20)15-9-11(2)4-6-13(15)21-3/h4-9H,1-3H3. The van der Waals surface area contributed by atoms with Crippen molar-refractivity contribution in [2.24, 2.45) is 0 Å². The van der Waals surface area contributed by atoms with E-state index >= 15 is 0 Å². The van der Waals surface area contributed by atoms with Crippen LogP contribution in [0.4, 0.5) is 5.69 Å². The molecule has 0 aliphatic heterocycles. The van der Waals surface area contributed by atoms with Crippen molar-refractivity contribution in [2.75, 3.05) is 7.11 Å². The van der Waals surface area contributed by atoms with Gasteiger partial charge in [0.25, 0.3) is 5.69 Å². The summed E-state index contributed by atoms with van der Waals surface area (Å²) in [4.78, 5) is 10.1. The fourth-order valence-corrected chi connectivity index (χ4v) is 3.76. The molecular formula is C15H15NO5S. The van der Waals surface area contributed by atoms with Gasteiger partial charge < -0.3 is 4.74 Å². The monoisotopic (exact) mass is 321 g/mol. The highest BCUT2D eigenvalue weighted by molar-refractivity contribution is 7.91. The first-order chi connectivity index (χ1) is 10.3. The number of methoxy groups -OCH3 is 1. The SMILES string of the molecule is COc1ccc(C)cc1S(=O)(=O)c1ccc(C)cc1[N+](=O)[O-]. The van der Waals surface area contributed by atoms with E-state index in [1.165, 1.54) is 37.4 Å². The van der Waals surface area contributed by atoms with E-state index in [0.29, 0.717) is 11.1 Å². The predicted molar refractivity (Wildman–Crippen MR) is 81.0 cm³/mol. The van der Waals surface area contributed by atoms with Gasteiger partial charge in [0.2, 0.25) is 9.84 Å². The van der Waals surface area contributed by atoms with Crippen LogP contribution in [0.5, 0.6) is 5.75 Å². The van der Waals surface area contributed by atoms with Gasteiger partial charge in [-0.15, -0.1) is 0 Å². The number of nitrogens with zero attached hydrogens (tertiary/aromatic N) is 1. The van der Waals surface area contributed by atoms with Crippen LogP contribution >= 0.6 is 0 Å². The van der Waals surface area contributed by atoms with E-state index in [2.05, 4.69) is 0 Å². The summed E-state index contributed by atoms with van der Waals surface area (Å²) in [7, 11) is -2.71. The number of nitro benzene ring substituents is 1. The zero-order valence-corrected chi connectivity index (χ0v) is 13.2. The van der Waals surface area contributed by atoms with E-state index in [1.54, 1.807) is 19.9 Å². The Kier molecular flexibility index (Phi) is 4.18. The fourth-order valence-electron chi connectivity index (χ4n) is 2.11. The largest absolute Gasteiger partial charge is 0.495 e. The third-order valence-corrected chi connectivity index (χ3v) is 5.03. The van der Waals surface area contributed by atoms with E-state index in [-0.39, 0.29) is 15.5 Å². The number of rotatable bonds is 4. The Balaban J connectivity index is 2.77. The molecule has 116 valence electrons. The molecule has 0 aromatic heterocycles. The quantitative estimate of drug-likeness (QED) is 0.638. The average molecular weight is 321 g/mol. The Morgan fingerprint density at radius 2 is 1.59 bits per heavy atom. The van der Waals surface area contributed by atoms with Crippen LogP contribution in [0, 0.1) is 24.0 Å². The minimum Gasteiger partial charge on any atom is -0.495 e. The van der Waals surface area contributed by atoms with E-state index in [1.807, 2.05) is 0 Å². The van der Waals surface area contributed by atoms with Crippen molar-refractivity contribution in [2.45, 2.75) is 23.6 Å². The second-order valence-corrected chi connectivity index (χ2v) is 6.77. The van der Waals surface area contributed by atoms with Crippen molar-refractivity contribution < 1.29 is 18.1 Å². The molecule has 0 bridgehead atoms. The van der Waals surface area contributed by atoms with Gasteiger partial charge in [-0.3, -0.25) is 10.1 Å². The van der Waals surface area contributed by atoms with Gasteiger partial charge in [0.1, 0.15) is 15.5 Å². The summed E-state index contributed by atoms with van der Waals surface area (Å²) in [6.07, 6.45) is 0. The first-order valence-corrected chi connectivity index (χ1v) is 7.90. The van der Waals surface area contributed by atoms with Gasteiger partial charge in [0, 0.05) is 6.07 Å². The second-order valence-electron chi connectivity index (χ2n) is 4.89. The number of hydrogen-bond donors (Lipinski definition) is 0. The number of nitro groups is 1. The van der Waals surface area contributed by atoms with Crippen LogP contribution in [0.2, 0.25) is 0 Å². The number of hydrogen-bond acceptors (Lipinski definition) is 5. The smallest absolute Gasteiger partial charge is 0.288 e. The van der Waals surface area contributed by atoms with Crippen LogP contribution in [-0.2, 0) is 9.84 Å². The highest BCUT2D eigenvalue weighted by Gasteiger charge is 2.30. The first-order valence-electron chi connectivity index (χ1n) is 6.42. The molecule has 0 heterocycles. The van der Waals surface area contributed by atoms with E-state index in [0.717, 1.165) is 0 Å². The Bertz CT molecular complexity index is 843. The molecule has 2 rings (SSSR count). The highest BCUT2D eigenvalue weighted by atomic mass is 32.2. The van der Waals surface area contributed by atoms with Gasteiger partial charge in [-0.25, -0.2) is 8.42 Å². The van der Waals surface area contributed by atoms with Crippen molar-refractivity contribution in [1.29, 1.82) is 0 Å². The number of aryl methyl sites for hydroxylation is 2. The lowest BCUT2D eigenvalue weighted by atomic mass is 10.2. The Morgan fingerprint density at radius 1 is 1.00 bits per heavy atom. The maximum atomic E-state index is 12.8. The Labute approximate surface area is 128 Å². The van der Waals surface area contributed by atoms with Crippen molar-refractivity contribution in [1.82, 2.24) is 0 Å². The molecule has 7 heteroatoms. The summed E-state index contributed by atoms with van der Waals surface area (Å²) in [5, 5.41) is 11.2. The van der Waals surface area contributed by atoms with Gasteiger partial charge in [0.15, 0.2) is 0 Å². The number of benzene rings is 2. The van der Waals surface area contributed by atoms with Gasteiger partial charge >= 0.3 is 0 Å². The summed E-state index contributed by atoms with van der Waals surface area (Å²) in [6.45, 7) is 3.40. The molecule has 0 atom stereocenters. The zero-order chi connectivity index (χ0) is 16.5. The zero-order valence-electron chi connectivity index (χ0n) is 12.4. The summed E-state index contributed by atoms with van der Waals surface area (Å²) in [5.41, 5.74) is 0.888. The minimum atomic E-state index is -4.06. The molecule has 0 amide bonds. The molecule has 0 aliphatic carbocycles. The fraction of sp³-hybridized carbons (Fsp3) is 0.200. The lowest BCUT2D eigenvalue weighted by Crippen LogP contribution is -2.08. The molecular weight excluding hydrogens is 306 g/mol. The summed E-state index contributed by atoms with van der Waals surface area (Å²) in [6, 6.07) is 8.71. The lowest BCUT2D eigenvalue weighted by Gasteiger charge is -2.11. The van der Waals surface area contributed by atoms with Crippen LogP contribution in [0.1, 0.15) is 11.1 Å². The topological polar surface area (TPSA) is 86.5 Å². The molecule has 22 heavy (non-hydrogen) atoms. The third-order valence-electron chi connectivity index (χ3n) is 3.21. The van der Waals surface area contributed by atoms with Gasteiger partial charge in [-0.2, -0.15) is 0 Å². The van der Waals surface area contributed by atoms with E-state index < -0.39 is 20.4 Å². The van der Waals surface area contributed by atoms with Crippen molar-refractivity contribution in [3.8, 4) is 5.75 Å². The molecule has 0 aliphatic rings. The van der Waals surface area contributed by atoms with Crippen LogP contribution in [0.25, 0.3) is 0 Å². The maximum absolute atomic E-state index is 12.8.